The molecule has 3 aromatic rings. The second-order valence-electron chi connectivity index (χ2n) is 5.64. The molecular weight excluding hydrogens is 404 g/mol. The maximum absolute atomic E-state index is 13.2. The van der Waals surface area contributed by atoms with Gasteiger partial charge in [0.05, 0.1) is 5.56 Å². The van der Waals surface area contributed by atoms with Crippen molar-refractivity contribution in [3.8, 4) is 11.4 Å². The summed E-state index contributed by atoms with van der Waals surface area (Å²) in [7, 11) is 0. The molecule has 3 nitrogen and oxygen atoms in total. The Kier molecular flexibility index (Phi) is 5.59. The van der Waals surface area contributed by atoms with Gasteiger partial charge in [-0.15, -0.1) is 10.2 Å². The molecule has 3 rings (SSSR count). The number of thioether (sulfide) groups is 1. The second kappa shape index (κ2) is 7.78. The Labute approximate surface area is 159 Å². The van der Waals surface area contributed by atoms with Crippen LogP contribution in [0.25, 0.3) is 11.4 Å². The summed E-state index contributed by atoms with van der Waals surface area (Å²) < 4.78 is 78.1. The summed E-state index contributed by atoms with van der Waals surface area (Å²) >= 11 is 0.654. The van der Waals surface area contributed by atoms with E-state index in [1.807, 2.05) is 0 Å². The molecular formula is C18H11F6N3S. The maximum atomic E-state index is 13.2. The first kappa shape index (κ1) is 20.1. The minimum absolute atomic E-state index is 0.000132. The zero-order chi connectivity index (χ0) is 20.4. The minimum Gasteiger partial charge on any atom is -0.218 e. The monoisotopic (exact) mass is 415 g/mol. The first-order chi connectivity index (χ1) is 13.1. The molecule has 2 aromatic carbocycles. The smallest absolute Gasteiger partial charge is 0.218 e. The lowest BCUT2D eigenvalue weighted by molar-refractivity contribution is -0.144. The third-order valence-corrected chi connectivity index (χ3v) is 4.62. The van der Waals surface area contributed by atoms with Gasteiger partial charge >= 0.3 is 12.4 Å². The van der Waals surface area contributed by atoms with Crippen molar-refractivity contribution in [1.29, 1.82) is 0 Å². The van der Waals surface area contributed by atoms with E-state index in [2.05, 4.69) is 15.2 Å². The van der Waals surface area contributed by atoms with Crippen LogP contribution in [0, 0.1) is 0 Å². The SMILES string of the molecule is FC(F)(F)c1cccc(CSc2nc(-c3ccccc3)nnc2C(F)(F)F)c1. The van der Waals surface area contributed by atoms with Crippen molar-refractivity contribution in [2.45, 2.75) is 23.1 Å². The summed E-state index contributed by atoms with van der Waals surface area (Å²) in [4.78, 5) is 3.94. The van der Waals surface area contributed by atoms with E-state index in [0.29, 0.717) is 17.3 Å². The molecule has 10 heteroatoms. The Balaban J connectivity index is 1.91. The van der Waals surface area contributed by atoms with Crippen LogP contribution < -0.4 is 0 Å². The van der Waals surface area contributed by atoms with E-state index in [1.165, 1.54) is 12.1 Å². The van der Waals surface area contributed by atoms with Crippen molar-refractivity contribution in [3.63, 3.8) is 0 Å². The number of benzene rings is 2. The molecule has 0 aliphatic carbocycles. The molecule has 0 saturated heterocycles. The quantitative estimate of drug-likeness (QED) is 0.395. The number of aromatic nitrogens is 3. The average molecular weight is 415 g/mol. The second-order valence-corrected chi connectivity index (χ2v) is 6.60. The highest BCUT2D eigenvalue weighted by Crippen LogP contribution is 2.36. The Hall–Kier alpha value is -2.62. The summed E-state index contributed by atoms with van der Waals surface area (Å²) in [6, 6.07) is 12.7. The predicted molar refractivity (Wildman–Crippen MR) is 91.3 cm³/mol. The Morgan fingerprint density at radius 2 is 1.50 bits per heavy atom. The summed E-state index contributed by atoms with van der Waals surface area (Å²) in [5.74, 6) is -0.139. The molecule has 0 spiro atoms. The van der Waals surface area contributed by atoms with Gasteiger partial charge in [-0.2, -0.15) is 26.3 Å². The van der Waals surface area contributed by atoms with E-state index in [-0.39, 0.29) is 17.1 Å². The van der Waals surface area contributed by atoms with E-state index in [0.717, 1.165) is 12.1 Å². The van der Waals surface area contributed by atoms with Gasteiger partial charge in [-0.05, 0) is 11.6 Å². The summed E-state index contributed by atoms with van der Waals surface area (Å²) in [6.45, 7) is 0. The first-order valence-corrected chi connectivity index (χ1v) is 8.79. The molecule has 1 heterocycles. The van der Waals surface area contributed by atoms with E-state index < -0.39 is 28.6 Å². The summed E-state index contributed by atoms with van der Waals surface area (Å²) in [5.41, 5.74) is -1.45. The minimum atomic E-state index is -4.79. The van der Waals surface area contributed by atoms with Crippen molar-refractivity contribution in [3.05, 3.63) is 71.4 Å². The predicted octanol–water partition coefficient (Wildman–Crippen LogP) is 5.87. The lowest BCUT2D eigenvalue weighted by Gasteiger charge is -2.12. The van der Waals surface area contributed by atoms with E-state index >= 15 is 0 Å². The normalized spacial score (nSPS) is 12.2. The molecule has 0 unspecified atom stereocenters. The molecule has 0 saturated carbocycles. The van der Waals surface area contributed by atoms with Crippen molar-refractivity contribution in [2.75, 3.05) is 0 Å². The van der Waals surface area contributed by atoms with Crippen molar-refractivity contribution in [1.82, 2.24) is 15.2 Å². The number of rotatable bonds is 4. The van der Waals surface area contributed by atoms with Gasteiger partial charge in [0.15, 0.2) is 11.5 Å². The molecule has 0 aliphatic heterocycles. The Morgan fingerprint density at radius 1 is 0.786 bits per heavy atom. The molecule has 0 aliphatic rings. The zero-order valence-corrected chi connectivity index (χ0v) is 14.7. The molecule has 1 aromatic heterocycles. The molecule has 0 bridgehead atoms. The van der Waals surface area contributed by atoms with Gasteiger partial charge in [0.1, 0.15) is 5.03 Å². The van der Waals surface area contributed by atoms with Gasteiger partial charge in [0, 0.05) is 11.3 Å². The maximum Gasteiger partial charge on any atom is 0.437 e. The van der Waals surface area contributed by atoms with Crippen LogP contribution in [0.5, 0.6) is 0 Å². The van der Waals surface area contributed by atoms with Crippen LogP contribution in [-0.4, -0.2) is 15.2 Å². The van der Waals surface area contributed by atoms with Crippen molar-refractivity contribution in [2.24, 2.45) is 0 Å². The van der Waals surface area contributed by atoms with Crippen LogP contribution in [0.3, 0.4) is 0 Å². The van der Waals surface area contributed by atoms with Gasteiger partial charge in [-0.25, -0.2) is 4.98 Å². The third kappa shape index (κ3) is 4.80. The standard InChI is InChI=1S/C18H11F6N3S/c19-17(20,21)13-8-4-5-11(9-13)10-28-16-14(18(22,23)24)26-27-15(25-16)12-6-2-1-3-7-12/h1-9H,10H2. The van der Waals surface area contributed by atoms with Gasteiger partial charge in [-0.3, -0.25) is 0 Å². The molecule has 28 heavy (non-hydrogen) atoms. The summed E-state index contributed by atoms with van der Waals surface area (Å²) in [5, 5.41) is 6.35. The fraction of sp³-hybridized carbons (Fsp3) is 0.167. The van der Waals surface area contributed by atoms with Crippen molar-refractivity contribution < 1.29 is 26.3 Å². The number of alkyl halides is 6. The number of halogens is 6. The molecule has 0 N–H and O–H groups in total. The zero-order valence-electron chi connectivity index (χ0n) is 13.9. The van der Waals surface area contributed by atoms with Crippen LogP contribution in [0.2, 0.25) is 0 Å². The third-order valence-electron chi connectivity index (χ3n) is 3.59. The lowest BCUT2D eigenvalue weighted by Crippen LogP contribution is -2.13. The highest BCUT2D eigenvalue weighted by molar-refractivity contribution is 7.98. The molecule has 0 fully saturated rings. The van der Waals surface area contributed by atoms with Crippen LogP contribution in [0.1, 0.15) is 16.8 Å². The summed E-state index contributed by atoms with van der Waals surface area (Å²) in [6.07, 6.45) is -9.32. The largest absolute Gasteiger partial charge is 0.437 e. The lowest BCUT2D eigenvalue weighted by atomic mass is 10.1. The Morgan fingerprint density at radius 3 is 2.14 bits per heavy atom. The van der Waals surface area contributed by atoms with Crippen molar-refractivity contribution >= 4 is 11.8 Å². The number of nitrogens with zero attached hydrogens (tertiary/aromatic N) is 3. The van der Waals surface area contributed by atoms with E-state index in [9.17, 15) is 26.3 Å². The average Bonchev–Trinajstić information content (AvgIpc) is 2.65. The van der Waals surface area contributed by atoms with Gasteiger partial charge < -0.3 is 0 Å². The highest BCUT2D eigenvalue weighted by Gasteiger charge is 2.37. The Bertz CT molecular complexity index is 958. The number of hydrogen-bond acceptors (Lipinski definition) is 4. The van der Waals surface area contributed by atoms with Gasteiger partial charge in [-0.1, -0.05) is 60.3 Å². The molecule has 0 radical (unpaired) electrons. The molecule has 0 amide bonds. The number of hydrogen-bond donors (Lipinski definition) is 0. The van der Waals surface area contributed by atoms with Crippen LogP contribution in [0.15, 0.2) is 59.6 Å². The fourth-order valence-corrected chi connectivity index (χ4v) is 3.22. The van der Waals surface area contributed by atoms with Gasteiger partial charge in [0.25, 0.3) is 0 Å². The fourth-order valence-electron chi connectivity index (χ4n) is 2.29. The topological polar surface area (TPSA) is 38.7 Å². The van der Waals surface area contributed by atoms with Crippen LogP contribution in [-0.2, 0) is 18.1 Å². The first-order valence-electron chi connectivity index (χ1n) is 7.81. The van der Waals surface area contributed by atoms with Gasteiger partial charge in [0.2, 0.25) is 0 Å². The van der Waals surface area contributed by atoms with Crippen LogP contribution in [0.4, 0.5) is 26.3 Å². The molecule has 0 atom stereocenters. The van der Waals surface area contributed by atoms with Crippen LogP contribution >= 0.6 is 11.8 Å². The van der Waals surface area contributed by atoms with E-state index in [4.69, 9.17) is 0 Å². The molecule has 146 valence electrons. The van der Waals surface area contributed by atoms with E-state index in [1.54, 1.807) is 30.3 Å². The highest BCUT2D eigenvalue weighted by atomic mass is 32.2.